The van der Waals surface area contributed by atoms with Gasteiger partial charge in [-0.3, -0.25) is 4.99 Å². The van der Waals surface area contributed by atoms with Crippen LogP contribution in [0.4, 0.5) is 4.39 Å². The first-order valence-corrected chi connectivity index (χ1v) is 5.17. The Kier molecular flexibility index (Phi) is 3.12. The topological polar surface area (TPSA) is 38.4 Å². The van der Waals surface area contributed by atoms with Gasteiger partial charge in [0.05, 0.1) is 11.1 Å². The van der Waals surface area contributed by atoms with Crippen LogP contribution in [0.15, 0.2) is 23.2 Å². The summed E-state index contributed by atoms with van der Waals surface area (Å²) in [6, 6.07) is 4.95. The maximum absolute atomic E-state index is 13.3. The first-order chi connectivity index (χ1) is 7.02. The van der Waals surface area contributed by atoms with Crippen molar-refractivity contribution in [2.75, 3.05) is 0 Å². The number of hydrogen-bond donors (Lipinski definition) is 1. The van der Waals surface area contributed by atoms with E-state index >= 15 is 0 Å². The van der Waals surface area contributed by atoms with Crippen molar-refractivity contribution in [2.45, 2.75) is 33.2 Å². The average Bonchev–Trinajstić information content (AvgIpc) is 2.42. The Bertz CT molecular complexity index is 395. The van der Waals surface area contributed by atoms with Crippen LogP contribution >= 0.6 is 0 Å². The van der Waals surface area contributed by atoms with Crippen molar-refractivity contribution in [3.8, 4) is 0 Å². The molecule has 2 rings (SSSR count). The van der Waals surface area contributed by atoms with E-state index in [2.05, 4.69) is 4.99 Å². The molecule has 2 nitrogen and oxygen atoms in total. The van der Waals surface area contributed by atoms with Crippen LogP contribution in [-0.2, 0) is 5.54 Å². The number of hydrogen-bond acceptors (Lipinski definition) is 2. The number of nitrogens with zero attached hydrogens (tertiary/aromatic N) is 1. The highest BCUT2D eigenvalue weighted by atomic mass is 19.1. The number of benzene rings is 1. The Labute approximate surface area is 90.0 Å². The Balaban J connectivity index is 0.000000531. The van der Waals surface area contributed by atoms with Gasteiger partial charge in [0.15, 0.2) is 0 Å². The van der Waals surface area contributed by atoms with E-state index in [1.807, 2.05) is 33.8 Å². The maximum atomic E-state index is 13.3. The van der Waals surface area contributed by atoms with E-state index in [0.29, 0.717) is 11.4 Å². The van der Waals surface area contributed by atoms with Gasteiger partial charge in [0.1, 0.15) is 11.7 Å². The first kappa shape index (κ1) is 11.7. The summed E-state index contributed by atoms with van der Waals surface area (Å²) >= 11 is 0. The van der Waals surface area contributed by atoms with Crippen LogP contribution in [0, 0.1) is 5.82 Å². The third kappa shape index (κ3) is 1.87. The predicted molar refractivity (Wildman–Crippen MR) is 61.5 cm³/mol. The van der Waals surface area contributed by atoms with Crippen LogP contribution in [0.2, 0.25) is 0 Å². The van der Waals surface area contributed by atoms with Gasteiger partial charge in [-0.1, -0.05) is 26.0 Å². The smallest absolute Gasteiger partial charge is 0.134 e. The minimum Gasteiger partial charge on any atom is -0.383 e. The van der Waals surface area contributed by atoms with Gasteiger partial charge in [0, 0.05) is 0 Å². The van der Waals surface area contributed by atoms with E-state index in [-0.39, 0.29) is 11.4 Å². The molecule has 15 heavy (non-hydrogen) atoms. The molecule has 0 unspecified atom stereocenters. The van der Waals surface area contributed by atoms with Crippen LogP contribution in [0.25, 0.3) is 0 Å². The minimum absolute atomic E-state index is 0.288. The molecule has 0 bridgehead atoms. The van der Waals surface area contributed by atoms with Gasteiger partial charge in [-0.05, 0) is 25.5 Å². The molecule has 1 aliphatic heterocycles. The van der Waals surface area contributed by atoms with Gasteiger partial charge in [-0.2, -0.15) is 0 Å². The molecule has 1 heterocycles. The van der Waals surface area contributed by atoms with E-state index in [9.17, 15) is 4.39 Å². The highest BCUT2D eigenvalue weighted by Crippen LogP contribution is 2.34. The number of fused-ring (bicyclic) bond motifs is 1. The molecule has 2 N–H and O–H groups in total. The predicted octanol–water partition coefficient (Wildman–Crippen LogP) is 2.81. The van der Waals surface area contributed by atoms with Gasteiger partial charge >= 0.3 is 0 Å². The molecular weight excluding hydrogens is 191 g/mol. The molecule has 0 saturated carbocycles. The zero-order valence-corrected chi connectivity index (χ0v) is 9.63. The van der Waals surface area contributed by atoms with E-state index < -0.39 is 0 Å². The van der Waals surface area contributed by atoms with Crippen molar-refractivity contribution < 1.29 is 4.39 Å². The number of aliphatic imine (C=N–C) groups is 1. The lowest BCUT2D eigenvalue weighted by Crippen LogP contribution is -2.12. The Hall–Kier alpha value is -1.38. The third-order valence-corrected chi connectivity index (χ3v) is 2.33. The second kappa shape index (κ2) is 4.01. The molecule has 0 atom stereocenters. The summed E-state index contributed by atoms with van der Waals surface area (Å²) in [5, 5.41) is 0. The van der Waals surface area contributed by atoms with Crippen molar-refractivity contribution in [1.82, 2.24) is 0 Å². The quantitative estimate of drug-likeness (QED) is 0.699. The zero-order valence-electron chi connectivity index (χ0n) is 9.63. The number of halogens is 1. The highest BCUT2D eigenvalue weighted by Gasteiger charge is 2.32. The lowest BCUT2D eigenvalue weighted by atomic mass is 9.93. The molecule has 1 aromatic carbocycles. The average molecular weight is 208 g/mol. The normalized spacial score (nSPS) is 16.2. The number of rotatable bonds is 0. The van der Waals surface area contributed by atoms with Crippen LogP contribution in [0.3, 0.4) is 0 Å². The highest BCUT2D eigenvalue weighted by molar-refractivity contribution is 6.02. The van der Waals surface area contributed by atoms with Crippen LogP contribution in [0.1, 0.15) is 38.8 Å². The molecule has 82 valence electrons. The monoisotopic (exact) mass is 208 g/mol. The lowest BCUT2D eigenvalue weighted by Gasteiger charge is -2.15. The summed E-state index contributed by atoms with van der Waals surface area (Å²) in [4.78, 5) is 4.20. The van der Waals surface area contributed by atoms with Crippen molar-refractivity contribution >= 4 is 5.84 Å². The summed E-state index contributed by atoms with van der Waals surface area (Å²) in [6.07, 6.45) is 0. The molecule has 0 aromatic heterocycles. The van der Waals surface area contributed by atoms with Crippen molar-refractivity contribution in [2.24, 2.45) is 10.7 Å². The number of nitrogens with two attached hydrogens (primary N) is 1. The van der Waals surface area contributed by atoms with E-state index in [1.54, 1.807) is 6.07 Å². The third-order valence-electron chi connectivity index (χ3n) is 2.33. The van der Waals surface area contributed by atoms with Crippen molar-refractivity contribution in [3.05, 3.63) is 35.1 Å². The molecule has 0 fully saturated rings. The van der Waals surface area contributed by atoms with Crippen LogP contribution < -0.4 is 5.73 Å². The zero-order chi connectivity index (χ0) is 11.6. The molecule has 0 radical (unpaired) electrons. The molecule has 1 aromatic rings. The SMILES string of the molecule is CC.CC1(C)N=C(N)c2c(F)cccc21. The summed E-state index contributed by atoms with van der Waals surface area (Å²) in [7, 11) is 0. The number of amidine groups is 1. The summed E-state index contributed by atoms with van der Waals surface area (Å²) in [5.74, 6) is 0.0161. The maximum Gasteiger partial charge on any atom is 0.134 e. The Morgan fingerprint density at radius 1 is 1.27 bits per heavy atom. The fraction of sp³-hybridized carbons (Fsp3) is 0.417. The molecule has 0 saturated heterocycles. The Morgan fingerprint density at radius 3 is 2.40 bits per heavy atom. The van der Waals surface area contributed by atoms with Gasteiger partial charge in [0.2, 0.25) is 0 Å². The van der Waals surface area contributed by atoms with E-state index in [1.165, 1.54) is 6.07 Å². The van der Waals surface area contributed by atoms with E-state index in [0.717, 1.165) is 5.56 Å². The Morgan fingerprint density at radius 2 is 1.87 bits per heavy atom. The summed E-state index contributed by atoms with van der Waals surface area (Å²) in [5.41, 5.74) is 6.58. The van der Waals surface area contributed by atoms with Crippen molar-refractivity contribution in [3.63, 3.8) is 0 Å². The fourth-order valence-corrected chi connectivity index (χ4v) is 1.71. The van der Waals surface area contributed by atoms with Gasteiger partial charge in [-0.25, -0.2) is 4.39 Å². The van der Waals surface area contributed by atoms with Gasteiger partial charge < -0.3 is 5.73 Å². The van der Waals surface area contributed by atoms with Crippen LogP contribution in [-0.4, -0.2) is 5.84 Å². The van der Waals surface area contributed by atoms with Gasteiger partial charge in [-0.15, -0.1) is 0 Å². The van der Waals surface area contributed by atoms with E-state index in [4.69, 9.17) is 5.73 Å². The molecule has 0 aliphatic carbocycles. The standard InChI is InChI=1S/C10H11FN2.C2H6/c1-10(2)6-4-3-5-7(11)8(6)9(12)13-10;1-2/h3-5H,1-2H3,(H2,12,13);1-2H3. The molecule has 1 aliphatic rings. The summed E-state index contributed by atoms with van der Waals surface area (Å²) < 4.78 is 13.3. The van der Waals surface area contributed by atoms with Crippen LogP contribution in [0.5, 0.6) is 0 Å². The fourth-order valence-electron chi connectivity index (χ4n) is 1.71. The molecular formula is C12H17FN2. The summed E-state index contributed by atoms with van der Waals surface area (Å²) in [6.45, 7) is 7.84. The van der Waals surface area contributed by atoms with Crippen molar-refractivity contribution in [1.29, 1.82) is 0 Å². The molecule has 0 amide bonds. The second-order valence-electron chi connectivity index (χ2n) is 3.72. The molecule has 0 spiro atoms. The first-order valence-electron chi connectivity index (χ1n) is 5.17. The second-order valence-corrected chi connectivity index (χ2v) is 3.72. The molecule has 3 heteroatoms. The lowest BCUT2D eigenvalue weighted by molar-refractivity contribution is 0.563. The largest absolute Gasteiger partial charge is 0.383 e. The van der Waals surface area contributed by atoms with Gasteiger partial charge in [0.25, 0.3) is 0 Å². The minimum atomic E-state index is -0.387.